The van der Waals surface area contributed by atoms with Gasteiger partial charge in [0.1, 0.15) is 18.5 Å². The molecule has 0 spiro atoms. The Morgan fingerprint density at radius 2 is 2.21 bits per heavy atom. The number of hydrogen-bond donors (Lipinski definition) is 1. The Kier molecular flexibility index (Phi) is 4.96. The summed E-state index contributed by atoms with van der Waals surface area (Å²) < 4.78 is 11.2. The van der Waals surface area contributed by atoms with Crippen LogP contribution in [0, 0.1) is 5.92 Å². The SMILES string of the molecule is CCOCc1nc(N)cc(OC2CCCC(C)C2)n1. The van der Waals surface area contributed by atoms with Crippen LogP contribution in [0.25, 0.3) is 0 Å². The molecule has 2 atom stereocenters. The van der Waals surface area contributed by atoms with Crippen molar-refractivity contribution in [2.45, 2.75) is 52.2 Å². The second kappa shape index (κ2) is 6.70. The molecule has 19 heavy (non-hydrogen) atoms. The Bertz CT molecular complexity index is 412. The zero-order valence-electron chi connectivity index (χ0n) is 11.8. The highest BCUT2D eigenvalue weighted by atomic mass is 16.5. The largest absolute Gasteiger partial charge is 0.474 e. The molecule has 2 unspecified atom stereocenters. The molecule has 0 aliphatic heterocycles. The summed E-state index contributed by atoms with van der Waals surface area (Å²) in [4.78, 5) is 8.49. The predicted octanol–water partition coefficient (Wildman–Crippen LogP) is 2.55. The van der Waals surface area contributed by atoms with Gasteiger partial charge in [-0.25, -0.2) is 4.98 Å². The molecule has 0 amide bonds. The molecule has 0 radical (unpaired) electrons. The lowest BCUT2D eigenvalue weighted by molar-refractivity contribution is 0.115. The Morgan fingerprint density at radius 3 is 2.95 bits per heavy atom. The molecule has 1 heterocycles. The fourth-order valence-corrected chi connectivity index (χ4v) is 2.47. The van der Waals surface area contributed by atoms with Crippen LogP contribution in [0.3, 0.4) is 0 Å². The topological polar surface area (TPSA) is 70.3 Å². The molecule has 1 aromatic heterocycles. The highest BCUT2D eigenvalue weighted by Crippen LogP contribution is 2.27. The average Bonchev–Trinajstić information content (AvgIpc) is 2.35. The third-order valence-corrected chi connectivity index (χ3v) is 3.38. The van der Waals surface area contributed by atoms with Gasteiger partial charge in [0.25, 0.3) is 0 Å². The van der Waals surface area contributed by atoms with Crippen molar-refractivity contribution in [3.8, 4) is 5.88 Å². The van der Waals surface area contributed by atoms with Crippen molar-refractivity contribution in [2.24, 2.45) is 5.92 Å². The molecule has 0 saturated heterocycles. The van der Waals surface area contributed by atoms with Crippen molar-refractivity contribution < 1.29 is 9.47 Å². The number of nitrogens with two attached hydrogens (primary N) is 1. The van der Waals surface area contributed by atoms with Gasteiger partial charge in [0.15, 0.2) is 5.82 Å². The molecule has 5 heteroatoms. The van der Waals surface area contributed by atoms with Gasteiger partial charge in [-0.3, -0.25) is 0 Å². The summed E-state index contributed by atoms with van der Waals surface area (Å²) in [7, 11) is 0. The van der Waals surface area contributed by atoms with Crippen LogP contribution in [-0.4, -0.2) is 22.7 Å². The first-order valence-electron chi connectivity index (χ1n) is 7.05. The fraction of sp³-hybridized carbons (Fsp3) is 0.714. The number of rotatable bonds is 5. The lowest BCUT2D eigenvalue weighted by atomic mass is 9.89. The van der Waals surface area contributed by atoms with E-state index in [1.165, 1.54) is 12.8 Å². The smallest absolute Gasteiger partial charge is 0.219 e. The molecule has 106 valence electrons. The van der Waals surface area contributed by atoms with Gasteiger partial charge in [-0.1, -0.05) is 13.3 Å². The standard InChI is InChI=1S/C14H23N3O2/c1-3-18-9-13-16-12(15)8-14(17-13)19-11-6-4-5-10(2)7-11/h8,10-11H,3-7,9H2,1-2H3,(H2,15,16,17). The van der Waals surface area contributed by atoms with E-state index in [9.17, 15) is 0 Å². The van der Waals surface area contributed by atoms with Crippen LogP contribution in [0.5, 0.6) is 5.88 Å². The average molecular weight is 265 g/mol. The maximum absolute atomic E-state index is 5.94. The number of anilines is 1. The molecule has 1 aliphatic carbocycles. The molecule has 2 N–H and O–H groups in total. The van der Waals surface area contributed by atoms with Gasteiger partial charge in [-0.15, -0.1) is 0 Å². The van der Waals surface area contributed by atoms with Crippen molar-refractivity contribution in [3.05, 3.63) is 11.9 Å². The van der Waals surface area contributed by atoms with Crippen molar-refractivity contribution in [3.63, 3.8) is 0 Å². The van der Waals surface area contributed by atoms with Gasteiger partial charge >= 0.3 is 0 Å². The van der Waals surface area contributed by atoms with E-state index in [0.717, 1.165) is 18.8 Å². The van der Waals surface area contributed by atoms with E-state index in [4.69, 9.17) is 15.2 Å². The monoisotopic (exact) mass is 265 g/mol. The van der Waals surface area contributed by atoms with E-state index in [2.05, 4.69) is 16.9 Å². The predicted molar refractivity (Wildman–Crippen MR) is 73.8 cm³/mol. The molecule has 1 saturated carbocycles. The first kappa shape index (κ1) is 14.1. The van der Waals surface area contributed by atoms with Crippen LogP contribution in [0.4, 0.5) is 5.82 Å². The maximum atomic E-state index is 5.94. The zero-order valence-corrected chi connectivity index (χ0v) is 11.8. The molecule has 2 rings (SSSR count). The van der Waals surface area contributed by atoms with Gasteiger partial charge in [0.05, 0.1) is 0 Å². The van der Waals surface area contributed by atoms with Crippen LogP contribution in [0.2, 0.25) is 0 Å². The van der Waals surface area contributed by atoms with E-state index in [1.54, 1.807) is 6.07 Å². The van der Waals surface area contributed by atoms with Crippen molar-refractivity contribution in [1.82, 2.24) is 9.97 Å². The number of aromatic nitrogens is 2. The Morgan fingerprint density at radius 1 is 1.37 bits per heavy atom. The molecule has 1 fully saturated rings. The summed E-state index contributed by atoms with van der Waals surface area (Å²) in [5.41, 5.74) is 5.78. The highest BCUT2D eigenvalue weighted by Gasteiger charge is 2.21. The zero-order chi connectivity index (χ0) is 13.7. The van der Waals surface area contributed by atoms with E-state index in [0.29, 0.717) is 30.7 Å². The van der Waals surface area contributed by atoms with Gasteiger partial charge in [0, 0.05) is 12.7 Å². The van der Waals surface area contributed by atoms with E-state index >= 15 is 0 Å². The molecular weight excluding hydrogens is 242 g/mol. The van der Waals surface area contributed by atoms with Gasteiger partial charge in [-0.05, 0) is 32.1 Å². The quantitative estimate of drug-likeness (QED) is 0.886. The number of nitrogens with zero attached hydrogens (tertiary/aromatic N) is 2. The maximum Gasteiger partial charge on any atom is 0.219 e. The number of nitrogen functional groups attached to an aromatic ring is 1. The molecule has 0 bridgehead atoms. The third kappa shape index (κ3) is 4.35. The van der Waals surface area contributed by atoms with E-state index < -0.39 is 0 Å². The minimum atomic E-state index is 0.248. The molecular formula is C14H23N3O2. The van der Waals surface area contributed by atoms with Crippen LogP contribution in [0.15, 0.2) is 6.07 Å². The van der Waals surface area contributed by atoms with Crippen molar-refractivity contribution in [2.75, 3.05) is 12.3 Å². The molecule has 1 aromatic rings. The van der Waals surface area contributed by atoms with Crippen molar-refractivity contribution in [1.29, 1.82) is 0 Å². The summed E-state index contributed by atoms with van der Waals surface area (Å²) in [5, 5.41) is 0. The third-order valence-electron chi connectivity index (χ3n) is 3.38. The minimum absolute atomic E-state index is 0.248. The normalized spacial score (nSPS) is 23.3. The lowest BCUT2D eigenvalue weighted by Gasteiger charge is -2.27. The van der Waals surface area contributed by atoms with E-state index in [-0.39, 0.29) is 6.10 Å². The Labute approximate surface area is 114 Å². The summed E-state index contributed by atoms with van der Waals surface area (Å²) in [5.74, 6) is 2.31. The fourth-order valence-electron chi connectivity index (χ4n) is 2.47. The van der Waals surface area contributed by atoms with Crippen LogP contribution in [0.1, 0.15) is 45.4 Å². The highest BCUT2D eigenvalue weighted by molar-refractivity contribution is 5.32. The molecule has 1 aliphatic rings. The van der Waals surface area contributed by atoms with Gasteiger partial charge in [0.2, 0.25) is 5.88 Å². The Balaban J connectivity index is 2.00. The van der Waals surface area contributed by atoms with Crippen LogP contribution >= 0.6 is 0 Å². The lowest BCUT2D eigenvalue weighted by Crippen LogP contribution is -2.24. The second-order valence-corrected chi connectivity index (χ2v) is 5.20. The van der Waals surface area contributed by atoms with Crippen LogP contribution < -0.4 is 10.5 Å². The van der Waals surface area contributed by atoms with Gasteiger partial charge in [-0.2, -0.15) is 4.98 Å². The Hall–Kier alpha value is -1.36. The number of ether oxygens (including phenoxy) is 2. The number of hydrogen-bond acceptors (Lipinski definition) is 5. The minimum Gasteiger partial charge on any atom is -0.474 e. The van der Waals surface area contributed by atoms with Crippen molar-refractivity contribution >= 4 is 5.82 Å². The van der Waals surface area contributed by atoms with Gasteiger partial charge < -0.3 is 15.2 Å². The van der Waals surface area contributed by atoms with Crippen LogP contribution in [-0.2, 0) is 11.3 Å². The first-order valence-corrected chi connectivity index (χ1v) is 7.05. The summed E-state index contributed by atoms with van der Waals surface area (Å²) in [6.45, 7) is 5.21. The summed E-state index contributed by atoms with van der Waals surface area (Å²) >= 11 is 0. The molecule has 0 aromatic carbocycles. The summed E-state index contributed by atoms with van der Waals surface area (Å²) in [6, 6.07) is 1.69. The first-order chi connectivity index (χ1) is 9.17. The molecule has 5 nitrogen and oxygen atoms in total. The second-order valence-electron chi connectivity index (χ2n) is 5.20. The summed E-state index contributed by atoms with van der Waals surface area (Å²) in [6.07, 6.45) is 4.94. The van der Waals surface area contributed by atoms with E-state index in [1.807, 2.05) is 6.92 Å².